The van der Waals surface area contributed by atoms with Gasteiger partial charge in [0.25, 0.3) is 11.8 Å². The van der Waals surface area contributed by atoms with Gasteiger partial charge in [-0.3, -0.25) is 9.59 Å². The minimum Gasteiger partial charge on any atom is -0.367 e. The molecule has 0 radical (unpaired) electrons. The molecule has 5 nitrogen and oxygen atoms in total. The molecule has 1 aliphatic carbocycles. The Hall–Kier alpha value is -2.18. The van der Waals surface area contributed by atoms with Crippen molar-refractivity contribution in [3.05, 3.63) is 51.9 Å². The van der Waals surface area contributed by atoms with E-state index in [1.807, 2.05) is 30.3 Å². The van der Waals surface area contributed by atoms with Crippen molar-refractivity contribution in [3.63, 3.8) is 0 Å². The largest absolute Gasteiger partial charge is 0.367 e. The number of carbonyl (C=O) groups excluding carboxylic acids is 2. The van der Waals surface area contributed by atoms with Crippen molar-refractivity contribution in [1.82, 2.24) is 0 Å². The maximum Gasteiger partial charge on any atom is 0.251 e. The summed E-state index contributed by atoms with van der Waals surface area (Å²) in [6, 6.07) is 9.65. The number of carbonyl (C=O) groups is 2. The van der Waals surface area contributed by atoms with Gasteiger partial charge in [-0.2, -0.15) is 0 Å². The number of hydrogen-bond acceptors (Lipinski definition) is 4. The fourth-order valence-electron chi connectivity index (χ4n) is 2.75. The molecule has 2 aromatic rings. The molecular formula is C17H18N2O3S. The van der Waals surface area contributed by atoms with Crippen LogP contribution in [0, 0.1) is 0 Å². The standard InChI is InChI=1S/C17H18N2O3S/c18-16(21)15-12-7-4-8-13(12)23-17(15)19-14(20)10-22-9-11-5-2-1-3-6-11/h1-3,5-6H,4,7-10H2,(H2,18,21)(H,19,20). The maximum atomic E-state index is 12.0. The SMILES string of the molecule is NC(=O)c1c(NC(=O)COCc2ccccc2)sc2c1CCC2. The van der Waals surface area contributed by atoms with Crippen LogP contribution in [0.2, 0.25) is 0 Å². The van der Waals surface area contributed by atoms with Crippen molar-refractivity contribution in [2.45, 2.75) is 25.9 Å². The van der Waals surface area contributed by atoms with E-state index in [0.717, 1.165) is 35.3 Å². The molecule has 0 spiro atoms. The van der Waals surface area contributed by atoms with E-state index >= 15 is 0 Å². The Morgan fingerprint density at radius 1 is 1.22 bits per heavy atom. The molecule has 120 valence electrons. The van der Waals surface area contributed by atoms with Crippen molar-refractivity contribution in [2.75, 3.05) is 11.9 Å². The van der Waals surface area contributed by atoms with Crippen molar-refractivity contribution >= 4 is 28.2 Å². The first kappa shape index (κ1) is 15.7. The van der Waals surface area contributed by atoms with Crippen molar-refractivity contribution in [1.29, 1.82) is 0 Å². The van der Waals surface area contributed by atoms with Gasteiger partial charge < -0.3 is 15.8 Å². The fraction of sp³-hybridized carbons (Fsp3) is 0.294. The van der Waals surface area contributed by atoms with Crippen LogP contribution in [0.25, 0.3) is 0 Å². The Kier molecular flexibility index (Phi) is 4.73. The van der Waals surface area contributed by atoms with Crippen LogP contribution in [-0.2, 0) is 29.0 Å². The summed E-state index contributed by atoms with van der Waals surface area (Å²) in [5.41, 5.74) is 7.95. The number of nitrogens with one attached hydrogen (secondary N) is 1. The highest BCUT2D eigenvalue weighted by atomic mass is 32.1. The summed E-state index contributed by atoms with van der Waals surface area (Å²) >= 11 is 1.45. The third-order valence-electron chi connectivity index (χ3n) is 3.77. The number of fused-ring (bicyclic) bond motifs is 1. The van der Waals surface area contributed by atoms with Gasteiger partial charge in [-0.15, -0.1) is 11.3 Å². The molecule has 0 unspecified atom stereocenters. The van der Waals surface area contributed by atoms with Gasteiger partial charge in [-0.1, -0.05) is 30.3 Å². The zero-order valence-electron chi connectivity index (χ0n) is 12.6. The molecule has 0 fully saturated rings. The van der Waals surface area contributed by atoms with Crippen molar-refractivity contribution < 1.29 is 14.3 Å². The molecule has 0 saturated heterocycles. The predicted octanol–water partition coefficient (Wildman–Crippen LogP) is 2.49. The Bertz CT molecular complexity index is 725. The van der Waals surface area contributed by atoms with Gasteiger partial charge in [-0.25, -0.2) is 0 Å². The Morgan fingerprint density at radius 3 is 2.74 bits per heavy atom. The van der Waals surface area contributed by atoms with E-state index in [1.165, 1.54) is 11.3 Å². The normalized spacial score (nSPS) is 12.9. The van der Waals surface area contributed by atoms with E-state index in [-0.39, 0.29) is 12.5 Å². The van der Waals surface area contributed by atoms with Gasteiger partial charge in [0, 0.05) is 4.88 Å². The molecule has 1 aromatic carbocycles. The zero-order chi connectivity index (χ0) is 16.2. The minimum absolute atomic E-state index is 0.0599. The van der Waals surface area contributed by atoms with Crippen molar-refractivity contribution in [2.24, 2.45) is 5.73 Å². The first-order valence-corrected chi connectivity index (χ1v) is 8.32. The van der Waals surface area contributed by atoms with E-state index in [2.05, 4.69) is 5.32 Å². The van der Waals surface area contributed by atoms with Gasteiger partial charge in [0.15, 0.2) is 0 Å². The minimum atomic E-state index is -0.482. The number of amides is 2. The topological polar surface area (TPSA) is 81.4 Å². The van der Waals surface area contributed by atoms with Gasteiger partial charge >= 0.3 is 0 Å². The number of nitrogens with two attached hydrogens (primary N) is 1. The van der Waals surface area contributed by atoms with Crippen LogP contribution in [-0.4, -0.2) is 18.4 Å². The highest BCUT2D eigenvalue weighted by Crippen LogP contribution is 2.38. The van der Waals surface area contributed by atoms with E-state index in [0.29, 0.717) is 17.2 Å². The summed E-state index contributed by atoms with van der Waals surface area (Å²) in [7, 11) is 0. The summed E-state index contributed by atoms with van der Waals surface area (Å²) in [4.78, 5) is 24.8. The Balaban J connectivity index is 1.59. The molecule has 2 amide bonds. The predicted molar refractivity (Wildman–Crippen MR) is 89.6 cm³/mol. The number of ether oxygens (including phenoxy) is 1. The van der Waals surface area contributed by atoms with Crippen LogP contribution >= 0.6 is 11.3 Å². The molecule has 1 heterocycles. The Labute approximate surface area is 138 Å². The first-order valence-electron chi connectivity index (χ1n) is 7.51. The number of primary amides is 1. The molecule has 6 heteroatoms. The molecule has 1 aromatic heterocycles. The summed E-state index contributed by atoms with van der Waals surface area (Å²) < 4.78 is 5.41. The number of thiophene rings is 1. The lowest BCUT2D eigenvalue weighted by molar-refractivity contribution is -0.120. The van der Waals surface area contributed by atoms with Crippen LogP contribution < -0.4 is 11.1 Å². The number of rotatable bonds is 6. The summed E-state index contributed by atoms with van der Waals surface area (Å²) in [6.45, 7) is 0.313. The van der Waals surface area contributed by atoms with E-state index in [9.17, 15) is 9.59 Å². The van der Waals surface area contributed by atoms with Crippen molar-refractivity contribution in [3.8, 4) is 0 Å². The summed E-state index contributed by atoms with van der Waals surface area (Å²) in [5, 5.41) is 3.31. The number of benzene rings is 1. The second-order valence-corrected chi connectivity index (χ2v) is 6.56. The smallest absolute Gasteiger partial charge is 0.251 e. The van der Waals surface area contributed by atoms with Gasteiger partial charge in [0.1, 0.15) is 11.6 Å². The number of hydrogen-bond donors (Lipinski definition) is 2. The molecule has 0 atom stereocenters. The summed E-state index contributed by atoms with van der Waals surface area (Å²) in [5.74, 6) is -0.756. The lowest BCUT2D eigenvalue weighted by Gasteiger charge is -2.07. The molecule has 23 heavy (non-hydrogen) atoms. The molecule has 0 saturated carbocycles. The average molecular weight is 330 g/mol. The second kappa shape index (κ2) is 6.93. The van der Waals surface area contributed by atoms with E-state index in [4.69, 9.17) is 10.5 Å². The highest BCUT2D eigenvalue weighted by Gasteiger charge is 2.26. The lowest BCUT2D eigenvalue weighted by atomic mass is 10.1. The molecule has 3 N–H and O–H groups in total. The Morgan fingerprint density at radius 2 is 2.00 bits per heavy atom. The van der Waals surface area contributed by atoms with Gasteiger partial charge in [0.2, 0.25) is 0 Å². The summed E-state index contributed by atoms with van der Waals surface area (Å²) in [6.07, 6.45) is 2.83. The zero-order valence-corrected chi connectivity index (χ0v) is 13.4. The van der Waals surface area contributed by atoms with Crippen LogP contribution in [0.3, 0.4) is 0 Å². The van der Waals surface area contributed by atoms with Crippen LogP contribution in [0.5, 0.6) is 0 Å². The maximum absolute atomic E-state index is 12.0. The van der Waals surface area contributed by atoms with Crippen LogP contribution in [0.4, 0.5) is 5.00 Å². The molecular weight excluding hydrogens is 312 g/mol. The molecule has 3 rings (SSSR count). The quantitative estimate of drug-likeness (QED) is 0.854. The molecule has 0 aliphatic heterocycles. The number of anilines is 1. The molecule has 0 bridgehead atoms. The number of aryl methyl sites for hydroxylation is 1. The fourth-order valence-corrected chi connectivity index (χ4v) is 4.06. The lowest BCUT2D eigenvalue weighted by Crippen LogP contribution is -2.21. The first-order chi connectivity index (χ1) is 11.1. The second-order valence-electron chi connectivity index (χ2n) is 5.45. The van der Waals surface area contributed by atoms with Gasteiger partial charge in [0.05, 0.1) is 12.2 Å². The van der Waals surface area contributed by atoms with Crippen LogP contribution in [0.1, 0.15) is 32.8 Å². The van der Waals surface area contributed by atoms with E-state index < -0.39 is 5.91 Å². The molecule has 1 aliphatic rings. The van der Waals surface area contributed by atoms with Crippen LogP contribution in [0.15, 0.2) is 30.3 Å². The third-order valence-corrected chi connectivity index (χ3v) is 4.97. The van der Waals surface area contributed by atoms with Gasteiger partial charge in [-0.05, 0) is 30.4 Å². The third kappa shape index (κ3) is 3.60. The van der Waals surface area contributed by atoms with E-state index in [1.54, 1.807) is 0 Å². The average Bonchev–Trinajstić information content (AvgIpc) is 3.08. The highest BCUT2D eigenvalue weighted by molar-refractivity contribution is 7.17. The monoisotopic (exact) mass is 330 g/mol.